The number of rotatable bonds is 3. The molecule has 0 unspecified atom stereocenters. The monoisotopic (exact) mass is 238 g/mol. The van der Waals surface area contributed by atoms with Gasteiger partial charge in [0.05, 0.1) is 6.54 Å². The van der Waals surface area contributed by atoms with Gasteiger partial charge in [0.1, 0.15) is 5.82 Å². The van der Waals surface area contributed by atoms with Crippen LogP contribution in [0.25, 0.3) is 0 Å². The summed E-state index contributed by atoms with van der Waals surface area (Å²) in [6.07, 6.45) is 3.18. The average Bonchev–Trinajstić information content (AvgIpc) is 2.55. The van der Waals surface area contributed by atoms with E-state index in [9.17, 15) is 4.79 Å². The van der Waals surface area contributed by atoms with Crippen LogP contribution in [-0.2, 0) is 19.5 Å². The first-order chi connectivity index (χ1) is 7.97. The van der Waals surface area contributed by atoms with Gasteiger partial charge < -0.3 is 5.32 Å². The minimum absolute atomic E-state index is 0.0513. The Morgan fingerprint density at radius 3 is 2.76 bits per heavy atom. The maximum Gasteiger partial charge on any atom is 0.345 e. The Balaban J connectivity index is 2.02. The number of hydrogen-bond donors (Lipinski definition) is 1. The normalized spacial score (nSPS) is 15.9. The Hall–Kier alpha value is -1.10. The molecule has 0 amide bonds. The Kier molecular flexibility index (Phi) is 3.38. The standard InChI is InChI=1S/C12H22N4O/c1-12(2,3)13-7-9-16-11(17)15-8-5-4-6-10(15)14-16/h13H,4-9H2,1-3H3. The smallest absolute Gasteiger partial charge is 0.310 e. The van der Waals surface area contributed by atoms with Gasteiger partial charge in [-0.1, -0.05) is 0 Å². The summed E-state index contributed by atoms with van der Waals surface area (Å²) in [6.45, 7) is 8.62. The molecule has 1 aliphatic rings. The van der Waals surface area contributed by atoms with Crippen molar-refractivity contribution < 1.29 is 0 Å². The highest BCUT2D eigenvalue weighted by atomic mass is 16.2. The summed E-state index contributed by atoms with van der Waals surface area (Å²) < 4.78 is 3.42. The molecule has 5 heteroatoms. The van der Waals surface area contributed by atoms with Crippen LogP contribution in [0.5, 0.6) is 0 Å². The molecule has 1 aliphatic heterocycles. The zero-order valence-corrected chi connectivity index (χ0v) is 11.0. The van der Waals surface area contributed by atoms with Crippen molar-refractivity contribution in [1.29, 1.82) is 0 Å². The first-order valence-electron chi connectivity index (χ1n) is 6.39. The lowest BCUT2D eigenvalue weighted by molar-refractivity contribution is 0.401. The van der Waals surface area contributed by atoms with Crippen molar-refractivity contribution in [3.05, 3.63) is 16.3 Å². The van der Waals surface area contributed by atoms with E-state index in [4.69, 9.17) is 0 Å². The predicted octanol–water partition coefficient (Wildman–Crippen LogP) is 0.769. The van der Waals surface area contributed by atoms with Crippen LogP contribution < -0.4 is 11.0 Å². The first kappa shape index (κ1) is 12.4. The minimum Gasteiger partial charge on any atom is -0.310 e. The second kappa shape index (κ2) is 4.64. The summed E-state index contributed by atoms with van der Waals surface area (Å²) >= 11 is 0. The molecule has 96 valence electrons. The van der Waals surface area contributed by atoms with Crippen molar-refractivity contribution in [2.45, 2.75) is 58.7 Å². The van der Waals surface area contributed by atoms with Crippen LogP contribution in [0.3, 0.4) is 0 Å². The van der Waals surface area contributed by atoms with Crippen LogP contribution in [0.2, 0.25) is 0 Å². The largest absolute Gasteiger partial charge is 0.345 e. The molecule has 2 heterocycles. The average molecular weight is 238 g/mol. The molecule has 0 aliphatic carbocycles. The van der Waals surface area contributed by atoms with E-state index in [0.717, 1.165) is 38.2 Å². The topological polar surface area (TPSA) is 51.9 Å². The third kappa shape index (κ3) is 2.97. The van der Waals surface area contributed by atoms with Crippen LogP contribution in [0.15, 0.2) is 4.79 Å². The van der Waals surface area contributed by atoms with Crippen molar-refractivity contribution in [2.24, 2.45) is 0 Å². The van der Waals surface area contributed by atoms with Crippen LogP contribution in [0, 0.1) is 0 Å². The van der Waals surface area contributed by atoms with Crippen molar-refractivity contribution in [3.63, 3.8) is 0 Å². The van der Waals surface area contributed by atoms with Crippen LogP contribution in [-0.4, -0.2) is 26.4 Å². The number of aromatic nitrogens is 3. The van der Waals surface area contributed by atoms with Crippen molar-refractivity contribution >= 4 is 0 Å². The number of nitrogens with one attached hydrogen (secondary N) is 1. The third-order valence-corrected chi connectivity index (χ3v) is 3.01. The van der Waals surface area contributed by atoms with Gasteiger partial charge in [-0.05, 0) is 33.6 Å². The third-order valence-electron chi connectivity index (χ3n) is 3.01. The Morgan fingerprint density at radius 1 is 1.35 bits per heavy atom. The van der Waals surface area contributed by atoms with Crippen LogP contribution in [0.1, 0.15) is 39.4 Å². The lowest BCUT2D eigenvalue weighted by Gasteiger charge is -2.20. The summed E-state index contributed by atoms with van der Waals surface area (Å²) in [6, 6.07) is 0. The molecule has 0 saturated carbocycles. The Morgan fingerprint density at radius 2 is 2.12 bits per heavy atom. The fourth-order valence-corrected chi connectivity index (χ4v) is 2.13. The second-order valence-corrected chi connectivity index (χ2v) is 5.71. The van der Waals surface area contributed by atoms with Gasteiger partial charge in [-0.2, -0.15) is 5.10 Å². The number of fused-ring (bicyclic) bond motifs is 1. The summed E-state index contributed by atoms with van der Waals surface area (Å²) in [5, 5.41) is 7.77. The van der Waals surface area contributed by atoms with Gasteiger partial charge in [-0.3, -0.25) is 4.57 Å². The van der Waals surface area contributed by atoms with Gasteiger partial charge in [-0.15, -0.1) is 0 Å². The Bertz CT molecular complexity index is 438. The molecule has 1 N–H and O–H groups in total. The van der Waals surface area contributed by atoms with E-state index in [-0.39, 0.29) is 11.2 Å². The molecule has 0 radical (unpaired) electrons. The summed E-state index contributed by atoms with van der Waals surface area (Å²) in [5.41, 5.74) is 0.138. The first-order valence-corrected chi connectivity index (χ1v) is 6.39. The van der Waals surface area contributed by atoms with E-state index in [1.54, 1.807) is 4.68 Å². The highest BCUT2D eigenvalue weighted by molar-refractivity contribution is 4.91. The molecule has 17 heavy (non-hydrogen) atoms. The highest BCUT2D eigenvalue weighted by Crippen LogP contribution is 2.09. The number of aryl methyl sites for hydroxylation is 1. The number of hydrogen-bond acceptors (Lipinski definition) is 3. The summed E-state index contributed by atoms with van der Waals surface area (Å²) in [4.78, 5) is 12.0. The summed E-state index contributed by atoms with van der Waals surface area (Å²) in [7, 11) is 0. The molecule has 0 aromatic carbocycles. The molecular formula is C12H22N4O. The zero-order valence-electron chi connectivity index (χ0n) is 11.0. The molecule has 2 rings (SSSR count). The van der Waals surface area contributed by atoms with Crippen molar-refractivity contribution in [3.8, 4) is 0 Å². The van der Waals surface area contributed by atoms with E-state index in [0.29, 0.717) is 6.54 Å². The van der Waals surface area contributed by atoms with Crippen LogP contribution >= 0.6 is 0 Å². The van der Waals surface area contributed by atoms with E-state index in [1.165, 1.54) is 0 Å². The lowest BCUT2D eigenvalue weighted by atomic mass is 10.1. The van der Waals surface area contributed by atoms with Crippen LogP contribution in [0.4, 0.5) is 0 Å². The van der Waals surface area contributed by atoms with E-state index < -0.39 is 0 Å². The predicted molar refractivity (Wildman–Crippen MR) is 67.2 cm³/mol. The lowest BCUT2D eigenvalue weighted by Crippen LogP contribution is -2.39. The van der Waals surface area contributed by atoms with Gasteiger partial charge in [0.15, 0.2) is 0 Å². The maximum atomic E-state index is 12.0. The van der Waals surface area contributed by atoms with Gasteiger partial charge in [0.25, 0.3) is 0 Å². The fourth-order valence-electron chi connectivity index (χ4n) is 2.13. The second-order valence-electron chi connectivity index (χ2n) is 5.71. The molecule has 0 atom stereocenters. The molecule has 1 aromatic heterocycles. The zero-order chi connectivity index (χ0) is 12.5. The molecule has 0 fully saturated rings. The maximum absolute atomic E-state index is 12.0. The van der Waals surface area contributed by atoms with E-state index in [1.807, 2.05) is 4.57 Å². The molecule has 5 nitrogen and oxygen atoms in total. The molecule has 0 saturated heterocycles. The van der Waals surface area contributed by atoms with Crippen molar-refractivity contribution in [2.75, 3.05) is 6.54 Å². The number of nitrogens with zero attached hydrogens (tertiary/aromatic N) is 3. The van der Waals surface area contributed by atoms with Gasteiger partial charge in [0.2, 0.25) is 0 Å². The molecule has 0 spiro atoms. The SMILES string of the molecule is CC(C)(C)NCCn1nc2n(c1=O)CCCC2. The fraction of sp³-hybridized carbons (Fsp3) is 0.833. The van der Waals surface area contributed by atoms with E-state index >= 15 is 0 Å². The van der Waals surface area contributed by atoms with Gasteiger partial charge in [-0.25, -0.2) is 9.48 Å². The molecular weight excluding hydrogens is 216 g/mol. The van der Waals surface area contributed by atoms with Crippen molar-refractivity contribution in [1.82, 2.24) is 19.7 Å². The Labute approximate surface area is 102 Å². The van der Waals surface area contributed by atoms with Gasteiger partial charge >= 0.3 is 5.69 Å². The highest BCUT2D eigenvalue weighted by Gasteiger charge is 2.16. The minimum atomic E-state index is 0.0513. The molecule has 1 aromatic rings. The van der Waals surface area contributed by atoms with Gasteiger partial charge in [0, 0.05) is 25.0 Å². The summed E-state index contributed by atoms with van der Waals surface area (Å²) in [5.74, 6) is 0.956. The van der Waals surface area contributed by atoms with E-state index in [2.05, 4.69) is 31.2 Å². The molecule has 0 bridgehead atoms. The quantitative estimate of drug-likeness (QED) is 0.846.